The van der Waals surface area contributed by atoms with Gasteiger partial charge in [-0.25, -0.2) is 0 Å². The number of furan rings is 1. The van der Waals surface area contributed by atoms with Crippen molar-refractivity contribution in [2.45, 2.75) is 45.8 Å². The van der Waals surface area contributed by atoms with Crippen molar-refractivity contribution in [1.82, 2.24) is 10.2 Å². The first-order chi connectivity index (χ1) is 7.81. The number of nitrogens with one attached hydrogen (secondary N) is 1. The van der Waals surface area contributed by atoms with Gasteiger partial charge in [0.05, 0.1) is 12.8 Å². The van der Waals surface area contributed by atoms with E-state index in [0.717, 1.165) is 38.0 Å². The van der Waals surface area contributed by atoms with Crippen molar-refractivity contribution in [2.24, 2.45) is 0 Å². The van der Waals surface area contributed by atoms with Crippen LogP contribution < -0.4 is 5.32 Å². The molecule has 2 rings (SSSR count). The van der Waals surface area contributed by atoms with Gasteiger partial charge in [-0.3, -0.25) is 4.90 Å². The average molecular weight is 222 g/mol. The van der Waals surface area contributed by atoms with E-state index < -0.39 is 0 Å². The highest BCUT2D eigenvalue weighted by molar-refractivity contribution is 5.13. The lowest BCUT2D eigenvalue weighted by molar-refractivity contribution is 0.269. The Labute approximate surface area is 97.8 Å². The summed E-state index contributed by atoms with van der Waals surface area (Å²) >= 11 is 0. The summed E-state index contributed by atoms with van der Waals surface area (Å²) in [7, 11) is 0. The van der Waals surface area contributed by atoms with Crippen molar-refractivity contribution in [2.75, 3.05) is 13.1 Å². The maximum atomic E-state index is 5.57. The summed E-state index contributed by atoms with van der Waals surface area (Å²) in [6.07, 6.45) is 4.56. The molecule has 0 aliphatic heterocycles. The van der Waals surface area contributed by atoms with Crippen molar-refractivity contribution in [1.29, 1.82) is 0 Å². The highest BCUT2D eigenvalue weighted by Gasteiger charge is 2.20. The van der Waals surface area contributed by atoms with E-state index in [-0.39, 0.29) is 0 Å². The Balaban J connectivity index is 1.80. The molecule has 3 heteroatoms. The fourth-order valence-electron chi connectivity index (χ4n) is 1.82. The minimum Gasteiger partial charge on any atom is -0.468 e. The normalized spacial score (nSPS) is 15.9. The van der Waals surface area contributed by atoms with Crippen LogP contribution in [0.5, 0.6) is 0 Å². The lowest BCUT2D eigenvalue weighted by Gasteiger charge is -2.15. The van der Waals surface area contributed by atoms with E-state index in [0.29, 0.717) is 0 Å². The van der Waals surface area contributed by atoms with Gasteiger partial charge in [0.15, 0.2) is 0 Å². The SMILES string of the molecule is CCN(CC)Cc1cc(CNC2CC2)co1. The minimum absolute atomic E-state index is 0.765. The number of hydrogen-bond donors (Lipinski definition) is 1. The Morgan fingerprint density at radius 3 is 2.75 bits per heavy atom. The van der Waals surface area contributed by atoms with Crippen LogP contribution in [0.1, 0.15) is 38.0 Å². The molecule has 0 bridgehead atoms. The largest absolute Gasteiger partial charge is 0.468 e. The van der Waals surface area contributed by atoms with Crippen molar-refractivity contribution in [3.05, 3.63) is 23.7 Å². The molecule has 1 aromatic rings. The van der Waals surface area contributed by atoms with Crippen LogP contribution in [0.25, 0.3) is 0 Å². The Morgan fingerprint density at radius 1 is 1.38 bits per heavy atom. The summed E-state index contributed by atoms with van der Waals surface area (Å²) < 4.78 is 5.57. The van der Waals surface area contributed by atoms with Crippen molar-refractivity contribution >= 4 is 0 Å². The smallest absolute Gasteiger partial charge is 0.118 e. The first kappa shape index (κ1) is 11.7. The van der Waals surface area contributed by atoms with E-state index in [2.05, 4.69) is 30.1 Å². The average Bonchev–Trinajstić information content (AvgIpc) is 3.03. The Kier molecular flexibility index (Phi) is 4.02. The summed E-state index contributed by atoms with van der Waals surface area (Å²) in [5.74, 6) is 1.08. The van der Waals surface area contributed by atoms with E-state index in [1.54, 1.807) is 0 Å². The zero-order chi connectivity index (χ0) is 11.4. The highest BCUT2D eigenvalue weighted by Crippen LogP contribution is 2.19. The maximum absolute atomic E-state index is 5.57. The van der Waals surface area contributed by atoms with Crippen molar-refractivity contribution in [3.8, 4) is 0 Å². The van der Waals surface area contributed by atoms with Gasteiger partial charge in [-0.2, -0.15) is 0 Å². The van der Waals surface area contributed by atoms with Crippen LogP contribution in [0.4, 0.5) is 0 Å². The van der Waals surface area contributed by atoms with Gasteiger partial charge in [0, 0.05) is 18.2 Å². The van der Waals surface area contributed by atoms with Gasteiger partial charge in [-0.1, -0.05) is 13.8 Å². The zero-order valence-corrected chi connectivity index (χ0v) is 10.3. The lowest BCUT2D eigenvalue weighted by Crippen LogP contribution is -2.21. The highest BCUT2D eigenvalue weighted by atomic mass is 16.3. The van der Waals surface area contributed by atoms with Gasteiger partial charge in [-0.05, 0) is 32.0 Å². The third-order valence-corrected chi connectivity index (χ3v) is 3.15. The van der Waals surface area contributed by atoms with Crippen LogP contribution in [-0.4, -0.2) is 24.0 Å². The molecule has 1 aromatic heterocycles. The van der Waals surface area contributed by atoms with E-state index in [4.69, 9.17) is 4.42 Å². The van der Waals surface area contributed by atoms with Crippen molar-refractivity contribution < 1.29 is 4.42 Å². The molecule has 0 radical (unpaired) electrons. The molecular weight excluding hydrogens is 200 g/mol. The second-order valence-corrected chi connectivity index (χ2v) is 4.54. The van der Waals surface area contributed by atoms with Gasteiger partial charge in [0.25, 0.3) is 0 Å². The van der Waals surface area contributed by atoms with Crippen LogP contribution in [0.15, 0.2) is 16.7 Å². The third-order valence-electron chi connectivity index (χ3n) is 3.15. The van der Waals surface area contributed by atoms with E-state index in [1.807, 2.05) is 6.26 Å². The summed E-state index contributed by atoms with van der Waals surface area (Å²) in [4.78, 5) is 2.36. The summed E-state index contributed by atoms with van der Waals surface area (Å²) in [6.45, 7) is 8.40. The monoisotopic (exact) mass is 222 g/mol. The van der Waals surface area contributed by atoms with Crippen LogP contribution in [0.3, 0.4) is 0 Å². The van der Waals surface area contributed by atoms with Crippen LogP contribution in [-0.2, 0) is 13.1 Å². The van der Waals surface area contributed by atoms with E-state index >= 15 is 0 Å². The van der Waals surface area contributed by atoms with Crippen molar-refractivity contribution in [3.63, 3.8) is 0 Å². The molecule has 1 aliphatic carbocycles. The fourth-order valence-corrected chi connectivity index (χ4v) is 1.82. The molecule has 0 aromatic carbocycles. The fraction of sp³-hybridized carbons (Fsp3) is 0.692. The summed E-state index contributed by atoms with van der Waals surface area (Å²) in [5, 5.41) is 3.49. The summed E-state index contributed by atoms with van der Waals surface area (Å²) in [6, 6.07) is 2.94. The molecule has 0 amide bonds. The molecule has 0 spiro atoms. The molecule has 0 saturated heterocycles. The van der Waals surface area contributed by atoms with Gasteiger partial charge >= 0.3 is 0 Å². The molecule has 1 N–H and O–H groups in total. The topological polar surface area (TPSA) is 28.4 Å². The molecule has 0 atom stereocenters. The van der Waals surface area contributed by atoms with Crippen LogP contribution in [0.2, 0.25) is 0 Å². The van der Waals surface area contributed by atoms with Gasteiger partial charge < -0.3 is 9.73 Å². The van der Waals surface area contributed by atoms with Gasteiger partial charge in [0.1, 0.15) is 5.76 Å². The second kappa shape index (κ2) is 5.51. The van der Waals surface area contributed by atoms with E-state index in [1.165, 1.54) is 18.4 Å². The first-order valence-corrected chi connectivity index (χ1v) is 6.33. The van der Waals surface area contributed by atoms with Gasteiger partial charge in [0.2, 0.25) is 0 Å². The molecule has 90 valence electrons. The standard InChI is InChI=1S/C13H22N2O/c1-3-15(4-2)9-13-7-11(10-16-13)8-14-12-5-6-12/h7,10,12,14H,3-6,8-9H2,1-2H3. The molecular formula is C13H22N2O. The number of rotatable bonds is 7. The molecule has 1 heterocycles. The Hall–Kier alpha value is -0.800. The van der Waals surface area contributed by atoms with Gasteiger partial charge in [-0.15, -0.1) is 0 Å². The molecule has 16 heavy (non-hydrogen) atoms. The second-order valence-electron chi connectivity index (χ2n) is 4.54. The molecule has 1 aliphatic rings. The first-order valence-electron chi connectivity index (χ1n) is 6.33. The molecule has 0 unspecified atom stereocenters. The Bertz CT molecular complexity index is 313. The minimum atomic E-state index is 0.765. The molecule has 1 fully saturated rings. The Morgan fingerprint density at radius 2 is 2.12 bits per heavy atom. The predicted octanol–water partition coefficient (Wildman–Crippen LogP) is 2.37. The maximum Gasteiger partial charge on any atom is 0.118 e. The lowest BCUT2D eigenvalue weighted by atomic mass is 10.3. The summed E-state index contributed by atoms with van der Waals surface area (Å²) in [5.41, 5.74) is 1.27. The third kappa shape index (κ3) is 3.35. The number of nitrogens with zero attached hydrogens (tertiary/aromatic N) is 1. The van der Waals surface area contributed by atoms with Crippen LogP contribution >= 0.6 is 0 Å². The van der Waals surface area contributed by atoms with Crippen LogP contribution in [0, 0.1) is 0 Å². The predicted molar refractivity (Wildman–Crippen MR) is 65.2 cm³/mol. The molecule has 1 saturated carbocycles. The molecule has 3 nitrogen and oxygen atoms in total. The van der Waals surface area contributed by atoms with E-state index in [9.17, 15) is 0 Å². The quantitative estimate of drug-likeness (QED) is 0.767. The zero-order valence-electron chi connectivity index (χ0n) is 10.3. The number of hydrogen-bond acceptors (Lipinski definition) is 3.